The number of hydrogen-bond donors (Lipinski definition) is 1. The lowest BCUT2D eigenvalue weighted by atomic mass is 9.98. The van der Waals surface area contributed by atoms with E-state index in [1.54, 1.807) is 11.8 Å². The second kappa shape index (κ2) is 6.66. The van der Waals surface area contributed by atoms with Gasteiger partial charge in [-0.05, 0) is 31.2 Å². The summed E-state index contributed by atoms with van der Waals surface area (Å²) in [5, 5.41) is 3.42. The molecule has 5 heteroatoms. The van der Waals surface area contributed by atoms with Gasteiger partial charge in [0, 0.05) is 16.9 Å². The minimum atomic E-state index is -1.37. The summed E-state index contributed by atoms with van der Waals surface area (Å²) in [5.74, 6) is -2.52. The molecule has 0 amide bonds. The van der Waals surface area contributed by atoms with Crippen molar-refractivity contribution in [1.29, 1.82) is 0 Å². The smallest absolute Gasteiger partial charge is 0.194 e. The van der Waals surface area contributed by atoms with E-state index in [9.17, 15) is 13.2 Å². The van der Waals surface area contributed by atoms with Crippen LogP contribution in [0.4, 0.5) is 13.2 Å². The molecule has 106 valence electrons. The summed E-state index contributed by atoms with van der Waals surface area (Å²) in [5.41, 5.74) is 0.236. The highest BCUT2D eigenvalue weighted by Gasteiger charge is 2.28. The fraction of sp³-hybridized carbons (Fsp3) is 0.571. The number of nitrogens with one attached hydrogen (secondary N) is 1. The molecule has 0 aromatic heterocycles. The van der Waals surface area contributed by atoms with Crippen molar-refractivity contribution in [1.82, 2.24) is 5.32 Å². The molecule has 0 aliphatic carbocycles. The summed E-state index contributed by atoms with van der Waals surface area (Å²) in [6.07, 6.45) is 3.24. The third-order valence-electron chi connectivity index (χ3n) is 3.41. The first-order valence-electron chi connectivity index (χ1n) is 6.63. The van der Waals surface area contributed by atoms with E-state index < -0.39 is 17.5 Å². The van der Waals surface area contributed by atoms with E-state index in [4.69, 9.17) is 0 Å². The largest absolute Gasteiger partial charge is 0.309 e. The van der Waals surface area contributed by atoms with Gasteiger partial charge in [0.2, 0.25) is 0 Å². The van der Waals surface area contributed by atoms with Crippen LogP contribution >= 0.6 is 11.8 Å². The Labute approximate surface area is 116 Å². The first kappa shape index (κ1) is 14.7. The van der Waals surface area contributed by atoms with Gasteiger partial charge in [-0.2, -0.15) is 11.8 Å². The summed E-state index contributed by atoms with van der Waals surface area (Å²) >= 11 is 1.78. The van der Waals surface area contributed by atoms with Crippen LogP contribution in [0.25, 0.3) is 0 Å². The minimum absolute atomic E-state index is 0.216. The normalized spacial score (nSPS) is 21.4. The maximum atomic E-state index is 13.9. The molecule has 1 aromatic carbocycles. The minimum Gasteiger partial charge on any atom is -0.309 e. The van der Waals surface area contributed by atoms with Gasteiger partial charge in [-0.25, -0.2) is 13.2 Å². The predicted octanol–water partition coefficient (Wildman–Crippen LogP) is 4.04. The molecule has 2 unspecified atom stereocenters. The van der Waals surface area contributed by atoms with E-state index in [2.05, 4.69) is 5.32 Å². The van der Waals surface area contributed by atoms with Crippen molar-refractivity contribution in [3.63, 3.8) is 0 Å². The molecule has 1 aliphatic heterocycles. The van der Waals surface area contributed by atoms with E-state index in [-0.39, 0.29) is 16.9 Å². The van der Waals surface area contributed by atoms with Gasteiger partial charge >= 0.3 is 0 Å². The van der Waals surface area contributed by atoms with E-state index in [0.717, 1.165) is 24.7 Å². The van der Waals surface area contributed by atoms with Gasteiger partial charge in [0.05, 0.1) is 0 Å². The predicted molar refractivity (Wildman–Crippen MR) is 72.8 cm³/mol. The fourth-order valence-electron chi connectivity index (χ4n) is 2.47. The van der Waals surface area contributed by atoms with Gasteiger partial charge in [0.1, 0.15) is 0 Å². The Hall–Kier alpha value is -0.680. The molecule has 1 N–H and O–H groups in total. The molecule has 1 heterocycles. The van der Waals surface area contributed by atoms with Crippen molar-refractivity contribution in [2.45, 2.75) is 37.5 Å². The highest BCUT2D eigenvalue weighted by Crippen LogP contribution is 2.36. The molecule has 0 bridgehead atoms. The van der Waals surface area contributed by atoms with Crippen molar-refractivity contribution in [3.8, 4) is 0 Å². The first-order chi connectivity index (χ1) is 9.15. The third kappa shape index (κ3) is 3.26. The van der Waals surface area contributed by atoms with Gasteiger partial charge in [-0.1, -0.05) is 19.4 Å². The Morgan fingerprint density at radius 2 is 2.05 bits per heavy atom. The Kier molecular flexibility index (Phi) is 5.16. The Morgan fingerprint density at radius 1 is 1.26 bits per heavy atom. The van der Waals surface area contributed by atoms with Gasteiger partial charge < -0.3 is 5.32 Å². The highest BCUT2D eigenvalue weighted by molar-refractivity contribution is 8.00. The highest BCUT2D eigenvalue weighted by atomic mass is 32.2. The van der Waals surface area contributed by atoms with Crippen molar-refractivity contribution < 1.29 is 13.2 Å². The summed E-state index contributed by atoms with van der Waals surface area (Å²) in [6.45, 7) is 2.60. The van der Waals surface area contributed by atoms with Crippen molar-refractivity contribution >= 4 is 11.8 Å². The summed E-state index contributed by atoms with van der Waals surface area (Å²) in [7, 11) is 0. The molecule has 19 heavy (non-hydrogen) atoms. The van der Waals surface area contributed by atoms with Crippen LogP contribution in [0.15, 0.2) is 12.1 Å². The number of halogens is 3. The second-order valence-corrected chi connectivity index (χ2v) is 6.05. The number of hydrogen-bond acceptors (Lipinski definition) is 2. The summed E-state index contributed by atoms with van der Waals surface area (Å²) in [6, 6.07) is 2.10. The molecular weight excluding hydrogens is 271 g/mol. The standard InChI is InChI=1S/C14H18F3NS/c1-2-18-14(11-5-3-4-8-19-11)9-6-7-10(15)13(17)12(9)16/h6-7,11,14,18H,2-5,8H2,1H3. The van der Waals surface area contributed by atoms with E-state index in [0.29, 0.717) is 6.54 Å². The maximum absolute atomic E-state index is 13.9. The average Bonchev–Trinajstić information content (AvgIpc) is 2.44. The Balaban J connectivity index is 2.30. The van der Waals surface area contributed by atoms with Crippen LogP contribution < -0.4 is 5.32 Å². The molecule has 2 rings (SSSR count). The molecule has 0 spiro atoms. The molecule has 1 saturated heterocycles. The Morgan fingerprint density at radius 3 is 2.68 bits per heavy atom. The lowest BCUT2D eigenvalue weighted by Gasteiger charge is -2.31. The van der Waals surface area contributed by atoms with Crippen LogP contribution in [0.3, 0.4) is 0 Å². The molecule has 0 saturated carbocycles. The molecule has 0 radical (unpaired) electrons. The SMILES string of the molecule is CCNC(c1ccc(F)c(F)c1F)C1CCCCS1. The fourth-order valence-corrected chi connectivity index (χ4v) is 3.91. The number of thioether (sulfide) groups is 1. The number of rotatable bonds is 4. The van der Waals surface area contributed by atoms with Crippen LogP contribution in [-0.4, -0.2) is 17.5 Å². The zero-order chi connectivity index (χ0) is 13.8. The van der Waals surface area contributed by atoms with Crippen LogP contribution in [0.5, 0.6) is 0 Å². The van der Waals surface area contributed by atoms with Crippen LogP contribution in [0.1, 0.15) is 37.8 Å². The van der Waals surface area contributed by atoms with Gasteiger partial charge in [-0.15, -0.1) is 0 Å². The van der Waals surface area contributed by atoms with Crippen molar-refractivity contribution in [2.75, 3.05) is 12.3 Å². The van der Waals surface area contributed by atoms with E-state index in [1.807, 2.05) is 6.92 Å². The summed E-state index contributed by atoms with van der Waals surface area (Å²) in [4.78, 5) is 0. The van der Waals surface area contributed by atoms with Crippen molar-refractivity contribution in [3.05, 3.63) is 35.1 Å². The Bertz CT molecular complexity index is 433. The topological polar surface area (TPSA) is 12.0 Å². The average molecular weight is 289 g/mol. The number of benzene rings is 1. The molecule has 2 atom stereocenters. The quantitative estimate of drug-likeness (QED) is 0.840. The zero-order valence-corrected chi connectivity index (χ0v) is 11.7. The molecule has 1 fully saturated rings. The van der Waals surface area contributed by atoms with Crippen LogP contribution in [0.2, 0.25) is 0 Å². The van der Waals surface area contributed by atoms with Gasteiger partial charge in [0.25, 0.3) is 0 Å². The monoisotopic (exact) mass is 289 g/mol. The second-order valence-electron chi connectivity index (χ2n) is 4.70. The van der Waals surface area contributed by atoms with Crippen LogP contribution in [-0.2, 0) is 0 Å². The third-order valence-corrected chi connectivity index (χ3v) is 4.87. The molecule has 1 aliphatic rings. The lowest BCUT2D eigenvalue weighted by Crippen LogP contribution is -2.32. The first-order valence-corrected chi connectivity index (χ1v) is 7.68. The lowest BCUT2D eigenvalue weighted by molar-refractivity contribution is 0.416. The van der Waals surface area contributed by atoms with Crippen molar-refractivity contribution in [2.24, 2.45) is 0 Å². The van der Waals surface area contributed by atoms with Crippen LogP contribution in [0, 0.1) is 17.5 Å². The zero-order valence-electron chi connectivity index (χ0n) is 10.9. The van der Waals surface area contributed by atoms with Gasteiger partial charge in [0.15, 0.2) is 17.5 Å². The molecular formula is C14H18F3NS. The maximum Gasteiger partial charge on any atom is 0.194 e. The van der Waals surface area contributed by atoms with Gasteiger partial charge in [-0.3, -0.25) is 0 Å². The summed E-state index contributed by atoms with van der Waals surface area (Å²) < 4.78 is 40.3. The molecule has 1 aromatic rings. The van der Waals surface area contributed by atoms with E-state index in [1.165, 1.54) is 12.5 Å². The molecule has 1 nitrogen and oxygen atoms in total. The van der Waals surface area contributed by atoms with E-state index >= 15 is 0 Å².